The van der Waals surface area contributed by atoms with Crippen LogP contribution in [0.25, 0.3) is 0 Å². The van der Waals surface area contributed by atoms with E-state index in [0.717, 1.165) is 10.5 Å². The van der Waals surface area contributed by atoms with Crippen molar-refractivity contribution < 1.29 is 27.8 Å². The molecule has 29 heavy (non-hydrogen) atoms. The molecular formula is C18H28N4O6S. The number of sulfonamides is 1. The highest BCUT2D eigenvalue weighted by molar-refractivity contribution is 7.89. The van der Waals surface area contributed by atoms with Crippen LogP contribution < -0.4 is 15.8 Å². The van der Waals surface area contributed by atoms with Crippen molar-refractivity contribution in [2.45, 2.75) is 62.7 Å². The average molecular weight is 429 g/mol. The van der Waals surface area contributed by atoms with Gasteiger partial charge in [-0.3, -0.25) is 9.59 Å². The molecule has 0 spiro atoms. The Morgan fingerprint density at radius 3 is 2.72 bits per heavy atom. The Bertz CT molecular complexity index is 847. The van der Waals surface area contributed by atoms with E-state index < -0.39 is 45.1 Å². The number of nitrogens with zero attached hydrogens (tertiary/aromatic N) is 2. The summed E-state index contributed by atoms with van der Waals surface area (Å²) in [4.78, 5) is 23.2. The number of rotatable bonds is 7. The molecule has 0 bridgehead atoms. The zero-order valence-corrected chi connectivity index (χ0v) is 17.3. The highest BCUT2D eigenvalue weighted by Gasteiger charge is 2.40. The number of amides is 2. The minimum absolute atomic E-state index is 0.0745. The number of carbonyl (C=O) groups excluding carboxylic acids is 2. The summed E-state index contributed by atoms with van der Waals surface area (Å²) in [6.45, 7) is 3.08. The van der Waals surface area contributed by atoms with E-state index in [2.05, 4.69) is 5.32 Å². The van der Waals surface area contributed by atoms with Crippen LogP contribution in [-0.4, -0.2) is 54.4 Å². The van der Waals surface area contributed by atoms with Gasteiger partial charge in [0.1, 0.15) is 0 Å². The predicted octanol–water partition coefficient (Wildman–Crippen LogP) is -0.760. The number of aromatic nitrogens is 1. The van der Waals surface area contributed by atoms with Gasteiger partial charge in [-0.25, -0.2) is 8.42 Å². The Morgan fingerprint density at radius 1 is 1.41 bits per heavy atom. The highest BCUT2D eigenvalue weighted by Crippen LogP contribution is 2.24. The van der Waals surface area contributed by atoms with Crippen molar-refractivity contribution in [2.24, 2.45) is 11.7 Å². The van der Waals surface area contributed by atoms with Gasteiger partial charge in [-0.1, -0.05) is 6.92 Å². The van der Waals surface area contributed by atoms with Gasteiger partial charge in [-0.15, -0.1) is 0 Å². The predicted molar refractivity (Wildman–Crippen MR) is 104 cm³/mol. The van der Waals surface area contributed by atoms with Gasteiger partial charge in [-0.05, 0) is 32.3 Å². The summed E-state index contributed by atoms with van der Waals surface area (Å²) in [5.41, 5.74) is 5.18. The molecule has 0 aromatic carbocycles. The first-order valence-corrected chi connectivity index (χ1v) is 10.9. The van der Waals surface area contributed by atoms with E-state index in [1.807, 2.05) is 0 Å². The molecule has 162 valence electrons. The van der Waals surface area contributed by atoms with Crippen molar-refractivity contribution in [2.75, 3.05) is 6.54 Å². The van der Waals surface area contributed by atoms with Crippen molar-refractivity contribution >= 4 is 21.8 Å². The second-order valence-corrected chi connectivity index (χ2v) is 9.29. The number of nitrogens with two attached hydrogens (primary N) is 1. The summed E-state index contributed by atoms with van der Waals surface area (Å²) in [6, 6.07) is 3.00. The third-order valence-electron chi connectivity index (χ3n) is 5.22. The zero-order chi connectivity index (χ0) is 21.8. The van der Waals surface area contributed by atoms with Gasteiger partial charge in [0, 0.05) is 37.1 Å². The van der Waals surface area contributed by atoms with Crippen LogP contribution in [0, 0.1) is 11.1 Å². The normalized spacial score (nSPS) is 24.4. The smallest absolute Gasteiger partial charge is 0.323 e. The second kappa shape index (κ2) is 9.51. The van der Waals surface area contributed by atoms with E-state index in [1.54, 1.807) is 13.8 Å². The molecule has 1 aliphatic heterocycles. The first kappa shape index (κ1) is 23.0. The molecule has 1 fully saturated rings. The summed E-state index contributed by atoms with van der Waals surface area (Å²) in [7, 11) is -4.12. The summed E-state index contributed by atoms with van der Waals surface area (Å²) >= 11 is 0. The minimum Gasteiger partial charge on any atom is -0.618 e. The van der Waals surface area contributed by atoms with Crippen LogP contribution in [0.1, 0.15) is 39.5 Å². The summed E-state index contributed by atoms with van der Waals surface area (Å²) < 4.78 is 27.3. The Hall–Kier alpha value is -2.24. The number of primary amides is 1. The molecule has 4 N–H and O–H groups in total. The van der Waals surface area contributed by atoms with Crippen LogP contribution in [0.2, 0.25) is 0 Å². The van der Waals surface area contributed by atoms with E-state index in [4.69, 9.17) is 5.73 Å². The van der Waals surface area contributed by atoms with Crippen molar-refractivity contribution in [3.05, 3.63) is 29.6 Å². The summed E-state index contributed by atoms with van der Waals surface area (Å²) in [5, 5.41) is 24.8. The molecule has 2 rings (SSSR count). The monoisotopic (exact) mass is 428 g/mol. The number of carbonyl (C=O) groups is 2. The lowest BCUT2D eigenvalue weighted by Gasteiger charge is -2.27. The van der Waals surface area contributed by atoms with Crippen LogP contribution in [0.15, 0.2) is 29.4 Å². The first-order valence-electron chi connectivity index (χ1n) is 9.50. The van der Waals surface area contributed by atoms with Crippen LogP contribution in [0.3, 0.4) is 0 Å². The zero-order valence-electron chi connectivity index (χ0n) is 16.5. The van der Waals surface area contributed by atoms with Crippen molar-refractivity contribution in [1.82, 2.24) is 9.62 Å². The number of β-amino-alcohol motifs (C(OH)–C–C–N with tert-alkyl or cyclic N) is 1. The average Bonchev–Trinajstić information content (AvgIpc) is 2.79. The quantitative estimate of drug-likeness (QED) is 0.383. The molecule has 0 radical (unpaired) electrons. The van der Waals surface area contributed by atoms with Crippen molar-refractivity contribution in [3.63, 3.8) is 0 Å². The molecule has 11 heteroatoms. The molecule has 0 unspecified atom stereocenters. The fourth-order valence-electron chi connectivity index (χ4n) is 3.25. The van der Waals surface area contributed by atoms with Crippen molar-refractivity contribution in [3.8, 4) is 0 Å². The highest BCUT2D eigenvalue weighted by atomic mass is 32.2. The van der Waals surface area contributed by atoms with Gasteiger partial charge in [0.15, 0.2) is 6.20 Å². The second-order valence-electron chi connectivity index (χ2n) is 7.45. The van der Waals surface area contributed by atoms with E-state index in [1.165, 1.54) is 18.2 Å². The Kier molecular flexibility index (Phi) is 7.55. The van der Waals surface area contributed by atoms with Gasteiger partial charge in [0.2, 0.25) is 11.8 Å². The molecule has 4 atom stereocenters. The van der Waals surface area contributed by atoms with E-state index in [0.29, 0.717) is 19.3 Å². The number of pyridine rings is 1. The fraction of sp³-hybridized carbons (Fsp3) is 0.611. The third-order valence-corrected chi connectivity index (χ3v) is 7.19. The molecule has 1 aliphatic rings. The van der Waals surface area contributed by atoms with Crippen LogP contribution in [0.4, 0.5) is 0 Å². The van der Waals surface area contributed by atoms with Crippen LogP contribution >= 0.6 is 0 Å². The van der Waals surface area contributed by atoms with Gasteiger partial charge in [0.25, 0.3) is 0 Å². The largest absolute Gasteiger partial charge is 0.618 e. The molecule has 1 aromatic rings. The van der Waals surface area contributed by atoms with Crippen molar-refractivity contribution in [1.29, 1.82) is 0 Å². The van der Waals surface area contributed by atoms with Gasteiger partial charge < -0.3 is 21.4 Å². The maximum absolute atomic E-state index is 12.9. The lowest BCUT2D eigenvalue weighted by molar-refractivity contribution is -0.646. The molecule has 1 saturated heterocycles. The summed E-state index contributed by atoms with van der Waals surface area (Å²) in [6.07, 6.45) is 1.09. The Labute approximate surface area is 170 Å². The maximum atomic E-state index is 12.9. The topological polar surface area (TPSA) is 157 Å². The fourth-order valence-corrected chi connectivity index (χ4v) is 4.96. The van der Waals surface area contributed by atoms with Gasteiger partial charge in [0.05, 0.1) is 12.1 Å². The lowest BCUT2D eigenvalue weighted by atomic mass is 10.0. The molecule has 0 aliphatic carbocycles. The lowest BCUT2D eigenvalue weighted by Crippen LogP contribution is -2.49. The number of hydrogen-bond acceptors (Lipinski definition) is 6. The number of aliphatic hydroxyl groups is 1. The first-order chi connectivity index (χ1) is 13.5. The Balaban J connectivity index is 2.08. The number of aliphatic hydroxyl groups excluding tert-OH is 1. The van der Waals surface area contributed by atoms with Gasteiger partial charge in [-0.2, -0.15) is 9.04 Å². The number of nitrogens with one attached hydrogen (secondary N) is 1. The molecule has 2 heterocycles. The van der Waals surface area contributed by atoms with Crippen LogP contribution in [-0.2, 0) is 19.6 Å². The van der Waals surface area contributed by atoms with Crippen LogP contribution in [0.5, 0.6) is 0 Å². The molecule has 10 nitrogen and oxygen atoms in total. The Morgan fingerprint density at radius 2 is 2.10 bits per heavy atom. The van der Waals surface area contributed by atoms with E-state index in [-0.39, 0.29) is 23.6 Å². The molecule has 1 aromatic heterocycles. The summed E-state index contributed by atoms with van der Waals surface area (Å²) in [5.74, 6) is -1.27. The maximum Gasteiger partial charge on any atom is 0.323 e. The SMILES string of the molecule is C[C@@H]1CC[C@H](NC(=O)CC[C@H](C)C(N)=O)[C@@H](O)CN1S(=O)(=O)c1cccc[n+]1[O-]. The molecule has 0 saturated carbocycles. The third kappa shape index (κ3) is 5.64. The standard InChI is InChI=1S/C18H28N4O6S/c1-12(18(19)25)6-9-16(24)20-14-8-7-13(2)22(11-15(14)23)29(27,28)17-5-3-4-10-21(17)26/h3-5,10,12-15,23H,6-9,11H2,1-2H3,(H2,19,25)(H,20,24)/t12-,13+,14-,15-/m0/s1. The number of hydrogen-bond donors (Lipinski definition) is 3. The van der Waals surface area contributed by atoms with E-state index >= 15 is 0 Å². The van der Waals surface area contributed by atoms with Gasteiger partial charge >= 0.3 is 15.0 Å². The molecule has 2 amide bonds. The van der Waals surface area contributed by atoms with E-state index in [9.17, 15) is 28.3 Å². The molecular weight excluding hydrogens is 400 g/mol. The minimum atomic E-state index is -4.12.